The molecular weight excluding hydrogens is 318 g/mol. The Morgan fingerprint density at radius 1 is 0.800 bits per heavy atom. The number of ketones is 2. The summed E-state index contributed by atoms with van der Waals surface area (Å²) in [5, 5.41) is 3.40. The quantitative estimate of drug-likeness (QED) is 0.542. The molecule has 0 aromatic rings. The van der Waals surface area contributed by atoms with Gasteiger partial charge in [0.15, 0.2) is 0 Å². The van der Waals surface area contributed by atoms with E-state index in [4.69, 9.17) is 9.47 Å². The fraction of sp³-hybridized carbons (Fsp3) is 0.900. The van der Waals surface area contributed by atoms with Crippen LogP contribution in [0, 0.1) is 10.8 Å². The van der Waals surface area contributed by atoms with Gasteiger partial charge in [0.05, 0.1) is 32.5 Å². The van der Waals surface area contributed by atoms with Crippen molar-refractivity contribution < 1.29 is 19.1 Å². The molecule has 1 N–H and O–H groups in total. The molecule has 0 aromatic carbocycles. The van der Waals surface area contributed by atoms with Crippen molar-refractivity contribution in [3.8, 4) is 0 Å². The largest absolute Gasteiger partial charge is 0.379 e. The maximum Gasteiger partial charge on any atom is 0.140 e. The van der Waals surface area contributed by atoms with E-state index >= 15 is 0 Å². The summed E-state index contributed by atoms with van der Waals surface area (Å²) in [5.41, 5.74) is -0.636. The second kappa shape index (κ2) is 11.0. The first-order valence-corrected chi connectivity index (χ1v) is 9.32. The minimum absolute atomic E-state index is 0.0504. The minimum atomic E-state index is -0.318. The Morgan fingerprint density at radius 2 is 1.16 bits per heavy atom. The van der Waals surface area contributed by atoms with Crippen LogP contribution in [0.1, 0.15) is 68.2 Å². The van der Waals surface area contributed by atoms with Gasteiger partial charge in [-0.1, -0.05) is 55.4 Å². The van der Waals surface area contributed by atoms with Crippen LogP contribution in [0.4, 0.5) is 0 Å². The highest BCUT2D eigenvalue weighted by atomic mass is 16.5. The summed E-state index contributed by atoms with van der Waals surface area (Å²) in [6.07, 6.45) is 0.859. The van der Waals surface area contributed by atoms with E-state index in [1.54, 1.807) is 0 Å². The Bertz CT molecular complexity index is 371. The molecule has 0 heterocycles. The Hall–Kier alpha value is -0.780. The van der Waals surface area contributed by atoms with Crippen LogP contribution in [-0.4, -0.2) is 50.1 Å². The van der Waals surface area contributed by atoms with Crippen molar-refractivity contribution >= 4 is 11.6 Å². The van der Waals surface area contributed by atoms with Crippen LogP contribution in [0.25, 0.3) is 0 Å². The third kappa shape index (κ3) is 12.2. The van der Waals surface area contributed by atoms with E-state index in [9.17, 15) is 9.59 Å². The van der Waals surface area contributed by atoms with E-state index in [0.717, 1.165) is 0 Å². The fourth-order valence-corrected chi connectivity index (χ4v) is 2.15. The van der Waals surface area contributed by atoms with Crippen LogP contribution < -0.4 is 5.32 Å². The molecule has 0 aromatic heterocycles. The lowest BCUT2D eigenvalue weighted by atomic mass is 9.89. The van der Waals surface area contributed by atoms with Gasteiger partial charge >= 0.3 is 0 Å². The van der Waals surface area contributed by atoms with E-state index < -0.39 is 0 Å². The summed E-state index contributed by atoms with van der Waals surface area (Å²) in [6.45, 7) is 17.5. The number of carbonyl (C=O) groups excluding carboxylic acids is 2. The molecule has 0 aliphatic heterocycles. The second-order valence-electron chi connectivity index (χ2n) is 9.01. The molecule has 0 fully saturated rings. The van der Waals surface area contributed by atoms with E-state index in [1.807, 2.05) is 41.5 Å². The van der Waals surface area contributed by atoms with Gasteiger partial charge in [-0.25, -0.2) is 0 Å². The van der Waals surface area contributed by atoms with Gasteiger partial charge in [-0.3, -0.25) is 9.59 Å². The van der Waals surface area contributed by atoms with Crippen LogP contribution in [0.3, 0.4) is 0 Å². The zero-order valence-electron chi connectivity index (χ0n) is 17.5. The number of Topliss-reactive ketones (excluding diaryl/α,β-unsaturated/α-hetero) is 2. The summed E-state index contributed by atoms with van der Waals surface area (Å²) in [5.74, 6) is 0.413. The third-order valence-corrected chi connectivity index (χ3v) is 3.83. The predicted molar refractivity (Wildman–Crippen MR) is 102 cm³/mol. The molecule has 0 unspecified atom stereocenters. The number of hydrogen-bond acceptors (Lipinski definition) is 5. The van der Waals surface area contributed by atoms with E-state index in [1.165, 1.54) is 0 Å². The topological polar surface area (TPSA) is 64.6 Å². The van der Waals surface area contributed by atoms with Crippen LogP contribution in [0.5, 0.6) is 0 Å². The van der Waals surface area contributed by atoms with Crippen LogP contribution in [0.15, 0.2) is 0 Å². The molecule has 0 saturated carbocycles. The summed E-state index contributed by atoms with van der Waals surface area (Å²) in [4.78, 5) is 23.8. The standard InChI is InChI=1S/C20H39NO4/c1-15(2)21-16(13-24-11-9-17(22)19(3,4)5)14-25-12-10-18(23)20(6,7)8/h15-16,21H,9-14H2,1-8H3. The smallest absolute Gasteiger partial charge is 0.140 e. The molecule has 0 spiro atoms. The molecule has 25 heavy (non-hydrogen) atoms. The molecular formula is C20H39NO4. The minimum Gasteiger partial charge on any atom is -0.379 e. The maximum atomic E-state index is 11.9. The molecule has 5 heteroatoms. The van der Waals surface area contributed by atoms with Gasteiger partial charge in [0.2, 0.25) is 0 Å². The van der Waals surface area contributed by atoms with Gasteiger partial charge in [-0.2, -0.15) is 0 Å². The van der Waals surface area contributed by atoms with Gasteiger partial charge < -0.3 is 14.8 Å². The van der Waals surface area contributed by atoms with Crippen molar-refractivity contribution in [3.63, 3.8) is 0 Å². The molecule has 0 aliphatic rings. The number of ether oxygens (including phenoxy) is 2. The zero-order chi connectivity index (χ0) is 19.7. The number of hydrogen-bond donors (Lipinski definition) is 1. The lowest BCUT2D eigenvalue weighted by molar-refractivity contribution is -0.127. The average Bonchev–Trinajstić information content (AvgIpc) is 2.44. The normalized spacial score (nSPS) is 12.9. The Balaban J connectivity index is 4.13. The van der Waals surface area contributed by atoms with E-state index in [0.29, 0.717) is 45.3 Å². The predicted octanol–water partition coefficient (Wildman–Crippen LogP) is 3.40. The first-order valence-electron chi connectivity index (χ1n) is 9.32. The van der Waals surface area contributed by atoms with Crippen molar-refractivity contribution in [2.75, 3.05) is 26.4 Å². The molecule has 0 rings (SSSR count). The fourth-order valence-electron chi connectivity index (χ4n) is 2.15. The maximum absolute atomic E-state index is 11.9. The molecule has 0 saturated heterocycles. The van der Waals surface area contributed by atoms with Crippen molar-refractivity contribution in [3.05, 3.63) is 0 Å². The molecule has 0 bridgehead atoms. The number of carbonyl (C=O) groups is 2. The van der Waals surface area contributed by atoms with Crippen LogP contribution in [0.2, 0.25) is 0 Å². The molecule has 0 atom stereocenters. The van der Waals surface area contributed by atoms with Crippen LogP contribution >= 0.6 is 0 Å². The van der Waals surface area contributed by atoms with Crippen molar-refractivity contribution in [2.24, 2.45) is 10.8 Å². The molecule has 148 valence electrons. The highest BCUT2D eigenvalue weighted by Crippen LogP contribution is 2.17. The first-order chi connectivity index (χ1) is 11.3. The van der Waals surface area contributed by atoms with Crippen LogP contribution in [-0.2, 0) is 19.1 Å². The zero-order valence-corrected chi connectivity index (χ0v) is 17.5. The molecule has 0 radical (unpaired) electrons. The lowest BCUT2D eigenvalue weighted by Gasteiger charge is -2.22. The molecule has 5 nitrogen and oxygen atoms in total. The van der Waals surface area contributed by atoms with E-state index in [2.05, 4.69) is 19.2 Å². The van der Waals surface area contributed by atoms with Gasteiger partial charge in [0.1, 0.15) is 11.6 Å². The van der Waals surface area contributed by atoms with Gasteiger partial charge in [-0.15, -0.1) is 0 Å². The van der Waals surface area contributed by atoms with Gasteiger partial charge in [0.25, 0.3) is 0 Å². The number of nitrogens with one attached hydrogen (secondary N) is 1. The highest BCUT2D eigenvalue weighted by Gasteiger charge is 2.22. The molecule has 0 amide bonds. The third-order valence-electron chi connectivity index (χ3n) is 3.83. The lowest BCUT2D eigenvalue weighted by Crippen LogP contribution is -2.42. The monoisotopic (exact) mass is 357 g/mol. The first kappa shape index (κ1) is 24.2. The van der Waals surface area contributed by atoms with E-state index in [-0.39, 0.29) is 28.4 Å². The van der Waals surface area contributed by atoms with Crippen molar-refractivity contribution in [2.45, 2.75) is 80.3 Å². The Kier molecular flexibility index (Phi) is 10.7. The van der Waals surface area contributed by atoms with Gasteiger partial charge in [-0.05, 0) is 0 Å². The summed E-state index contributed by atoms with van der Waals surface area (Å²) in [7, 11) is 0. The average molecular weight is 358 g/mol. The Labute approximate surface area is 154 Å². The molecule has 0 aliphatic carbocycles. The Morgan fingerprint density at radius 3 is 1.44 bits per heavy atom. The number of rotatable bonds is 12. The summed E-state index contributed by atoms with van der Waals surface area (Å²) in [6, 6.07) is 0.360. The summed E-state index contributed by atoms with van der Waals surface area (Å²) >= 11 is 0. The van der Waals surface area contributed by atoms with Crippen molar-refractivity contribution in [1.82, 2.24) is 5.32 Å². The second-order valence-corrected chi connectivity index (χ2v) is 9.01. The highest BCUT2D eigenvalue weighted by molar-refractivity contribution is 5.84. The van der Waals surface area contributed by atoms with Gasteiger partial charge in [0, 0.05) is 29.7 Å². The summed E-state index contributed by atoms with van der Waals surface area (Å²) < 4.78 is 11.3. The van der Waals surface area contributed by atoms with Crippen molar-refractivity contribution in [1.29, 1.82) is 0 Å². The SMILES string of the molecule is CC(C)NC(COCCC(=O)C(C)(C)C)COCCC(=O)C(C)(C)C.